The van der Waals surface area contributed by atoms with Gasteiger partial charge < -0.3 is 5.32 Å². The molecule has 1 aliphatic heterocycles. The molecule has 0 saturated carbocycles. The molecule has 0 bridgehead atoms. The second-order valence-corrected chi connectivity index (χ2v) is 4.66. The Bertz CT molecular complexity index is 550. The maximum absolute atomic E-state index is 11.8. The lowest BCUT2D eigenvalue weighted by atomic mass is 10.0. The molecule has 0 aromatic heterocycles. The third kappa shape index (κ3) is 2.01. The predicted molar refractivity (Wildman–Crippen MR) is 70.1 cm³/mol. The van der Waals surface area contributed by atoms with Crippen LogP contribution in [0.15, 0.2) is 23.9 Å². The molecule has 1 aromatic rings. The lowest BCUT2D eigenvalue weighted by Crippen LogP contribution is -2.27. The number of rotatable bonds is 2. The van der Waals surface area contributed by atoms with Gasteiger partial charge in [-0.05, 0) is 31.9 Å². The number of aryl methyl sites for hydroxylation is 3. The quantitative estimate of drug-likeness (QED) is 0.808. The summed E-state index contributed by atoms with van der Waals surface area (Å²) < 4.78 is 0. The van der Waals surface area contributed by atoms with Crippen molar-refractivity contribution in [3.05, 3.63) is 40.6 Å². The number of nitrogens with one attached hydrogen (secondary N) is 1. The molecule has 0 spiro atoms. The number of hydrogen-bond acceptors (Lipinski definition) is 3. The number of carbonyl (C=O) groups excluding carboxylic acids is 2. The zero-order chi connectivity index (χ0) is 13.4. The van der Waals surface area contributed by atoms with Crippen molar-refractivity contribution in [1.82, 2.24) is 4.90 Å². The summed E-state index contributed by atoms with van der Waals surface area (Å²) >= 11 is 0. The van der Waals surface area contributed by atoms with E-state index < -0.39 is 0 Å². The van der Waals surface area contributed by atoms with E-state index in [0.29, 0.717) is 5.70 Å². The summed E-state index contributed by atoms with van der Waals surface area (Å²) in [4.78, 5) is 24.3. The molecule has 1 heterocycles. The highest BCUT2D eigenvalue weighted by atomic mass is 16.2. The summed E-state index contributed by atoms with van der Waals surface area (Å²) in [5.41, 5.74) is 4.52. The predicted octanol–water partition coefficient (Wildman–Crippen LogP) is 1.91. The molecule has 1 aromatic carbocycles. The standard InChI is InChI=1S/C14H16N2O2/c1-8-5-9(2)13(10(3)6-8)15-11-7-12(17)16(4)14(11)18/h5-7,15H,1-4H3. The summed E-state index contributed by atoms with van der Waals surface area (Å²) in [6.07, 6.45) is 1.33. The van der Waals surface area contributed by atoms with Crippen molar-refractivity contribution in [2.75, 3.05) is 12.4 Å². The van der Waals surface area contributed by atoms with Gasteiger partial charge in [-0.1, -0.05) is 17.7 Å². The van der Waals surface area contributed by atoms with E-state index in [9.17, 15) is 9.59 Å². The van der Waals surface area contributed by atoms with Gasteiger partial charge in [-0.2, -0.15) is 0 Å². The van der Waals surface area contributed by atoms with Crippen molar-refractivity contribution in [3.63, 3.8) is 0 Å². The minimum absolute atomic E-state index is 0.287. The second kappa shape index (κ2) is 4.29. The molecule has 94 valence electrons. The molecule has 1 aliphatic rings. The SMILES string of the molecule is Cc1cc(C)c(NC2=CC(=O)N(C)C2=O)c(C)c1. The minimum atomic E-state index is -0.292. The van der Waals surface area contributed by atoms with Crippen LogP contribution in [0.5, 0.6) is 0 Å². The van der Waals surface area contributed by atoms with Gasteiger partial charge in [0.15, 0.2) is 0 Å². The summed E-state index contributed by atoms with van der Waals surface area (Å²) in [5.74, 6) is -0.579. The van der Waals surface area contributed by atoms with Crippen LogP contribution in [0.3, 0.4) is 0 Å². The maximum atomic E-state index is 11.8. The molecular formula is C14H16N2O2. The molecule has 0 saturated heterocycles. The molecule has 0 unspecified atom stereocenters. The van der Waals surface area contributed by atoms with Gasteiger partial charge in [0, 0.05) is 18.8 Å². The van der Waals surface area contributed by atoms with Gasteiger partial charge in [0.25, 0.3) is 11.8 Å². The number of benzene rings is 1. The van der Waals surface area contributed by atoms with Gasteiger partial charge in [-0.25, -0.2) is 0 Å². The van der Waals surface area contributed by atoms with Crippen LogP contribution in [0.1, 0.15) is 16.7 Å². The average Bonchev–Trinajstić information content (AvgIpc) is 2.51. The normalized spacial score (nSPS) is 15.1. The van der Waals surface area contributed by atoms with E-state index in [4.69, 9.17) is 0 Å². The Labute approximate surface area is 106 Å². The summed E-state index contributed by atoms with van der Waals surface area (Å²) in [7, 11) is 1.48. The highest BCUT2D eigenvalue weighted by Gasteiger charge is 2.28. The van der Waals surface area contributed by atoms with Crippen LogP contribution in [-0.4, -0.2) is 23.8 Å². The van der Waals surface area contributed by atoms with Crippen LogP contribution in [0.4, 0.5) is 5.69 Å². The van der Waals surface area contributed by atoms with Crippen molar-refractivity contribution >= 4 is 17.5 Å². The van der Waals surface area contributed by atoms with Gasteiger partial charge in [-0.3, -0.25) is 14.5 Å². The largest absolute Gasteiger partial charge is 0.350 e. The molecule has 1 N–H and O–H groups in total. The van der Waals surface area contributed by atoms with E-state index in [-0.39, 0.29) is 11.8 Å². The summed E-state index contributed by atoms with van der Waals surface area (Å²) in [6, 6.07) is 4.09. The van der Waals surface area contributed by atoms with E-state index in [1.807, 2.05) is 32.9 Å². The first-order valence-electron chi connectivity index (χ1n) is 5.78. The Hall–Kier alpha value is -2.10. The zero-order valence-electron chi connectivity index (χ0n) is 11.0. The molecule has 4 nitrogen and oxygen atoms in total. The number of imide groups is 1. The molecular weight excluding hydrogens is 228 g/mol. The van der Waals surface area contributed by atoms with Gasteiger partial charge in [-0.15, -0.1) is 0 Å². The minimum Gasteiger partial charge on any atom is -0.350 e. The number of amides is 2. The highest BCUT2D eigenvalue weighted by molar-refractivity contribution is 6.17. The molecule has 0 fully saturated rings. The smallest absolute Gasteiger partial charge is 0.277 e. The molecule has 18 heavy (non-hydrogen) atoms. The first kappa shape index (κ1) is 12.4. The van der Waals surface area contributed by atoms with Gasteiger partial charge in [0.1, 0.15) is 5.70 Å². The molecule has 0 radical (unpaired) electrons. The number of hydrogen-bond donors (Lipinski definition) is 1. The number of likely N-dealkylation sites (N-methyl/N-ethyl adjacent to an activating group) is 1. The number of nitrogens with zero attached hydrogens (tertiary/aromatic N) is 1. The molecule has 2 amide bonds. The van der Waals surface area contributed by atoms with Crippen molar-refractivity contribution < 1.29 is 9.59 Å². The van der Waals surface area contributed by atoms with Crippen molar-refractivity contribution in [3.8, 4) is 0 Å². The monoisotopic (exact) mass is 244 g/mol. The molecule has 2 rings (SSSR count). The zero-order valence-corrected chi connectivity index (χ0v) is 11.0. The van der Waals surface area contributed by atoms with Gasteiger partial charge in [0.2, 0.25) is 0 Å². The van der Waals surface area contributed by atoms with Gasteiger partial charge >= 0.3 is 0 Å². The van der Waals surface area contributed by atoms with Crippen LogP contribution in [0.2, 0.25) is 0 Å². The van der Waals surface area contributed by atoms with Crippen LogP contribution in [0, 0.1) is 20.8 Å². The van der Waals surface area contributed by atoms with Crippen molar-refractivity contribution in [2.24, 2.45) is 0 Å². The third-order valence-corrected chi connectivity index (χ3v) is 3.07. The second-order valence-electron chi connectivity index (χ2n) is 4.66. The van der Waals surface area contributed by atoms with Gasteiger partial charge in [0.05, 0.1) is 0 Å². The van der Waals surface area contributed by atoms with Crippen LogP contribution < -0.4 is 5.32 Å². The fourth-order valence-electron chi connectivity index (χ4n) is 2.16. The summed E-state index contributed by atoms with van der Waals surface area (Å²) in [6.45, 7) is 5.99. The fourth-order valence-corrected chi connectivity index (χ4v) is 2.16. The fraction of sp³-hybridized carbons (Fsp3) is 0.286. The Balaban J connectivity index is 2.34. The third-order valence-electron chi connectivity index (χ3n) is 3.07. The lowest BCUT2D eigenvalue weighted by Gasteiger charge is -2.14. The molecule has 0 aliphatic carbocycles. The highest BCUT2D eigenvalue weighted by Crippen LogP contribution is 2.25. The number of carbonyl (C=O) groups is 2. The van der Waals surface area contributed by atoms with Crippen molar-refractivity contribution in [1.29, 1.82) is 0 Å². The topological polar surface area (TPSA) is 49.4 Å². The maximum Gasteiger partial charge on any atom is 0.277 e. The Morgan fingerprint density at radius 1 is 1.06 bits per heavy atom. The summed E-state index contributed by atoms with van der Waals surface area (Å²) in [5, 5.41) is 3.06. The van der Waals surface area contributed by atoms with E-state index in [0.717, 1.165) is 21.7 Å². The Morgan fingerprint density at radius 2 is 1.61 bits per heavy atom. The first-order chi connectivity index (χ1) is 8.40. The van der Waals surface area contributed by atoms with E-state index in [1.54, 1.807) is 0 Å². The first-order valence-corrected chi connectivity index (χ1v) is 5.78. The Kier molecular flexibility index (Phi) is 2.95. The Morgan fingerprint density at radius 3 is 2.06 bits per heavy atom. The molecule has 0 atom stereocenters. The molecule has 4 heteroatoms. The van der Waals surface area contributed by atoms with E-state index in [2.05, 4.69) is 5.32 Å². The number of anilines is 1. The van der Waals surface area contributed by atoms with E-state index >= 15 is 0 Å². The van der Waals surface area contributed by atoms with E-state index in [1.165, 1.54) is 18.7 Å². The van der Waals surface area contributed by atoms with Crippen LogP contribution >= 0.6 is 0 Å². The van der Waals surface area contributed by atoms with Crippen LogP contribution in [0.25, 0.3) is 0 Å². The van der Waals surface area contributed by atoms with Crippen LogP contribution in [-0.2, 0) is 9.59 Å². The average molecular weight is 244 g/mol. The van der Waals surface area contributed by atoms with Crippen molar-refractivity contribution in [2.45, 2.75) is 20.8 Å². The lowest BCUT2D eigenvalue weighted by molar-refractivity contribution is -0.135.